The Balaban J connectivity index is 1.60. The van der Waals surface area contributed by atoms with Crippen molar-refractivity contribution in [3.05, 3.63) is 0 Å². The maximum Gasteiger partial charge on any atom is 0.410 e. The van der Waals surface area contributed by atoms with Crippen LogP contribution in [0.3, 0.4) is 0 Å². The number of amides is 3. The van der Waals surface area contributed by atoms with Gasteiger partial charge in [0.25, 0.3) is 0 Å². The summed E-state index contributed by atoms with van der Waals surface area (Å²) in [5.41, 5.74) is -0.741. The maximum absolute atomic E-state index is 13.3. The zero-order valence-electron chi connectivity index (χ0n) is 20.8. The highest BCUT2D eigenvalue weighted by molar-refractivity contribution is 5.90. The van der Waals surface area contributed by atoms with Crippen LogP contribution in [-0.4, -0.2) is 106 Å². The van der Waals surface area contributed by atoms with Gasteiger partial charge in [-0.1, -0.05) is 13.8 Å². The quantitative estimate of drug-likeness (QED) is 0.583. The van der Waals surface area contributed by atoms with E-state index in [1.54, 1.807) is 39.5 Å². The summed E-state index contributed by atoms with van der Waals surface area (Å²) in [6.07, 6.45) is 0.477. The van der Waals surface area contributed by atoms with Gasteiger partial charge in [-0.3, -0.25) is 9.69 Å². The lowest BCUT2D eigenvalue weighted by molar-refractivity contribution is -0.149. The molecule has 34 heavy (non-hydrogen) atoms. The molecule has 0 bridgehead atoms. The SMILES string of the molecule is CC(C)[C@H](NC(=O)OC(C)(C)C)C(=O)N1C[C@H](OC(=O)N2CCN(C3CC3)CC2)C[C@H]1C(=O)O. The summed E-state index contributed by atoms with van der Waals surface area (Å²) in [7, 11) is 0. The van der Waals surface area contributed by atoms with E-state index in [2.05, 4.69) is 10.2 Å². The predicted molar refractivity (Wildman–Crippen MR) is 122 cm³/mol. The second kappa shape index (κ2) is 10.4. The van der Waals surface area contributed by atoms with E-state index in [0.29, 0.717) is 19.1 Å². The van der Waals surface area contributed by atoms with Gasteiger partial charge in [0.2, 0.25) is 5.91 Å². The standard InChI is InChI=1S/C23H38N4O7/c1-14(2)18(24-21(31)34-23(3,4)5)19(28)27-13-16(12-17(27)20(29)30)33-22(32)26-10-8-25(9-11-26)15-6-7-15/h14-18H,6-13H2,1-5H3,(H,24,31)(H,29,30)/t16-,17+,18+/m1/s1. The second-order valence-corrected chi connectivity index (χ2v) is 10.7. The molecule has 0 aromatic rings. The Kier molecular flexibility index (Phi) is 7.95. The smallest absolute Gasteiger partial charge is 0.410 e. The molecule has 0 aromatic carbocycles. The summed E-state index contributed by atoms with van der Waals surface area (Å²) < 4.78 is 10.9. The molecule has 11 heteroatoms. The fourth-order valence-corrected chi connectivity index (χ4v) is 4.41. The summed E-state index contributed by atoms with van der Waals surface area (Å²) in [5.74, 6) is -2.02. The van der Waals surface area contributed by atoms with Crippen LogP contribution in [0.1, 0.15) is 53.9 Å². The number of likely N-dealkylation sites (tertiary alicyclic amines) is 1. The fraction of sp³-hybridized carbons (Fsp3) is 0.826. The molecular weight excluding hydrogens is 444 g/mol. The molecule has 3 aliphatic rings. The minimum Gasteiger partial charge on any atom is -0.480 e. The number of carboxylic acids is 1. The van der Waals surface area contributed by atoms with Crippen LogP contribution in [0.2, 0.25) is 0 Å². The number of carbonyl (C=O) groups excluding carboxylic acids is 3. The Morgan fingerprint density at radius 3 is 2.15 bits per heavy atom. The van der Waals surface area contributed by atoms with Gasteiger partial charge in [-0.2, -0.15) is 0 Å². The van der Waals surface area contributed by atoms with Crippen LogP contribution in [0.5, 0.6) is 0 Å². The molecule has 0 radical (unpaired) electrons. The minimum absolute atomic E-state index is 0.00606. The molecule has 3 atom stereocenters. The van der Waals surface area contributed by atoms with Crippen molar-refractivity contribution in [3.8, 4) is 0 Å². The topological polar surface area (TPSA) is 129 Å². The Hall–Kier alpha value is -2.56. The molecule has 11 nitrogen and oxygen atoms in total. The number of piperazine rings is 1. The first-order chi connectivity index (χ1) is 15.9. The molecule has 2 N–H and O–H groups in total. The summed E-state index contributed by atoms with van der Waals surface area (Å²) in [6.45, 7) is 11.4. The van der Waals surface area contributed by atoms with Crippen LogP contribution >= 0.6 is 0 Å². The van der Waals surface area contributed by atoms with Crippen LogP contribution in [0.25, 0.3) is 0 Å². The molecule has 1 aliphatic carbocycles. The van der Waals surface area contributed by atoms with Crippen molar-refractivity contribution in [2.24, 2.45) is 5.92 Å². The van der Waals surface area contributed by atoms with Crippen molar-refractivity contribution in [1.29, 1.82) is 0 Å². The number of rotatable bonds is 6. The third-order valence-electron chi connectivity index (χ3n) is 6.34. The maximum atomic E-state index is 13.3. The third kappa shape index (κ3) is 6.74. The summed E-state index contributed by atoms with van der Waals surface area (Å²) >= 11 is 0. The lowest BCUT2D eigenvalue weighted by atomic mass is 10.0. The molecule has 3 fully saturated rings. The molecule has 192 valence electrons. The molecule has 2 saturated heterocycles. The van der Waals surface area contributed by atoms with Crippen molar-refractivity contribution >= 4 is 24.1 Å². The Bertz CT molecular complexity index is 785. The van der Waals surface area contributed by atoms with Crippen LogP contribution in [0.15, 0.2) is 0 Å². The Morgan fingerprint density at radius 2 is 1.65 bits per heavy atom. The lowest BCUT2D eigenvalue weighted by Gasteiger charge is -2.34. The van der Waals surface area contributed by atoms with Crippen LogP contribution in [0.4, 0.5) is 9.59 Å². The van der Waals surface area contributed by atoms with Crippen LogP contribution in [-0.2, 0) is 19.1 Å². The number of nitrogens with zero attached hydrogens (tertiary/aromatic N) is 3. The first-order valence-corrected chi connectivity index (χ1v) is 12.1. The van der Waals surface area contributed by atoms with Crippen LogP contribution in [0, 0.1) is 5.92 Å². The number of nitrogens with one attached hydrogen (secondary N) is 1. The average Bonchev–Trinajstić information content (AvgIpc) is 3.50. The van der Waals surface area contributed by atoms with Crippen LogP contribution < -0.4 is 5.32 Å². The van der Waals surface area contributed by atoms with Gasteiger partial charge in [0, 0.05) is 38.6 Å². The van der Waals surface area contributed by atoms with Gasteiger partial charge >= 0.3 is 18.2 Å². The number of hydrogen-bond acceptors (Lipinski definition) is 7. The van der Waals surface area contributed by atoms with Gasteiger partial charge < -0.3 is 29.7 Å². The first-order valence-electron chi connectivity index (χ1n) is 12.1. The van der Waals surface area contributed by atoms with Gasteiger partial charge in [-0.25, -0.2) is 14.4 Å². The van der Waals surface area contributed by atoms with E-state index in [0.717, 1.165) is 13.1 Å². The number of carboxylic acid groups (broad SMARTS) is 1. The van der Waals surface area contributed by atoms with Crippen molar-refractivity contribution in [2.75, 3.05) is 32.7 Å². The largest absolute Gasteiger partial charge is 0.480 e. The molecule has 3 rings (SSSR count). The lowest BCUT2D eigenvalue weighted by Crippen LogP contribution is -2.54. The minimum atomic E-state index is -1.18. The van der Waals surface area contributed by atoms with Crippen molar-refractivity contribution in [1.82, 2.24) is 20.0 Å². The number of aliphatic carboxylic acids is 1. The van der Waals surface area contributed by atoms with Gasteiger partial charge in [0.05, 0.1) is 6.54 Å². The van der Waals surface area contributed by atoms with Crippen molar-refractivity contribution in [2.45, 2.75) is 83.7 Å². The molecule has 2 aliphatic heterocycles. The van der Waals surface area contributed by atoms with Gasteiger partial charge in [0.15, 0.2) is 0 Å². The first kappa shape index (κ1) is 26.1. The molecular formula is C23H38N4O7. The highest BCUT2D eigenvalue weighted by Crippen LogP contribution is 2.28. The monoisotopic (exact) mass is 482 g/mol. The van der Waals surface area contributed by atoms with Crippen molar-refractivity contribution < 1.29 is 33.8 Å². The number of ether oxygens (including phenoxy) is 2. The van der Waals surface area contributed by atoms with Crippen molar-refractivity contribution in [3.63, 3.8) is 0 Å². The molecule has 0 spiro atoms. The Morgan fingerprint density at radius 1 is 1.03 bits per heavy atom. The fourth-order valence-electron chi connectivity index (χ4n) is 4.41. The highest BCUT2D eigenvalue weighted by Gasteiger charge is 2.45. The number of carbonyl (C=O) groups is 4. The third-order valence-corrected chi connectivity index (χ3v) is 6.34. The number of alkyl carbamates (subject to hydrolysis) is 1. The van der Waals surface area contributed by atoms with E-state index in [-0.39, 0.29) is 18.9 Å². The number of hydrogen-bond donors (Lipinski definition) is 2. The van der Waals surface area contributed by atoms with E-state index in [9.17, 15) is 24.3 Å². The van der Waals surface area contributed by atoms with E-state index in [1.807, 2.05) is 0 Å². The molecule has 0 unspecified atom stereocenters. The van der Waals surface area contributed by atoms with E-state index in [4.69, 9.17) is 9.47 Å². The zero-order chi connectivity index (χ0) is 25.2. The summed E-state index contributed by atoms with van der Waals surface area (Å²) in [4.78, 5) is 55.3. The van der Waals surface area contributed by atoms with E-state index < -0.39 is 47.9 Å². The summed E-state index contributed by atoms with van der Waals surface area (Å²) in [5, 5.41) is 12.3. The normalized spacial score (nSPS) is 24.6. The van der Waals surface area contributed by atoms with Gasteiger partial charge in [-0.15, -0.1) is 0 Å². The highest BCUT2D eigenvalue weighted by atomic mass is 16.6. The molecule has 1 saturated carbocycles. The van der Waals surface area contributed by atoms with Gasteiger partial charge in [-0.05, 0) is 39.5 Å². The Labute approximate surface area is 200 Å². The summed E-state index contributed by atoms with van der Waals surface area (Å²) in [6, 6.07) is -1.47. The molecule has 3 amide bonds. The van der Waals surface area contributed by atoms with Gasteiger partial charge in [0.1, 0.15) is 23.8 Å². The predicted octanol–water partition coefficient (Wildman–Crippen LogP) is 1.51. The zero-order valence-corrected chi connectivity index (χ0v) is 20.8. The second-order valence-electron chi connectivity index (χ2n) is 10.7. The average molecular weight is 483 g/mol. The molecule has 0 aromatic heterocycles. The van der Waals surface area contributed by atoms with E-state index in [1.165, 1.54) is 17.7 Å². The van der Waals surface area contributed by atoms with E-state index >= 15 is 0 Å². The molecule has 2 heterocycles.